The Hall–Kier alpha value is -2.63. The molecule has 2 amide bonds. The van der Waals surface area contributed by atoms with Crippen LogP contribution in [0.3, 0.4) is 0 Å². The van der Waals surface area contributed by atoms with E-state index in [1.54, 1.807) is 12.3 Å². The summed E-state index contributed by atoms with van der Waals surface area (Å²) < 4.78 is 1.82. The van der Waals surface area contributed by atoms with Crippen molar-refractivity contribution in [3.05, 3.63) is 53.6 Å². The maximum Gasteiger partial charge on any atom is 0.267 e. The zero-order chi connectivity index (χ0) is 15.9. The summed E-state index contributed by atoms with van der Waals surface area (Å²) in [7, 11) is 1.84. The number of aryl methyl sites for hydroxylation is 1. The lowest BCUT2D eigenvalue weighted by Gasteiger charge is -2.08. The second-order valence-corrected chi connectivity index (χ2v) is 5.02. The molecule has 0 unspecified atom stereocenters. The molecular weight excluding hydrogens is 280 g/mol. The molecule has 0 radical (unpaired) electrons. The maximum absolute atomic E-state index is 12.0. The summed E-state index contributed by atoms with van der Waals surface area (Å²) >= 11 is 0. The van der Waals surface area contributed by atoms with E-state index in [1.807, 2.05) is 42.8 Å². The highest BCUT2D eigenvalue weighted by molar-refractivity contribution is 5.93. The average Bonchev–Trinajstić information content (AvgIpc) is 2.86. The van der Waals surface area contributed by atoms with Crippen molar-refractivity contribution < 1.29 is 9.59 Å². The molecule has 2 rings (SSSR count). The molecule has 2 heterocycles. The van der Waals surface area contributed by atoms with Gasteiger partial charge < -0.3 is 15.2 Å². The van der Waals surface area contributed by atoms with E-state index in [2.05, 4.69) is 15.6 Å². The van der Waals surface area contributed by atoms with Crippen molar-refractivity contribution in [3.8, 4) is 0 Å². The third-order valence-corrected chi connectivity index (χ3v) is 3.44. The first-order chi connectivity index (χ1) is 10.6. The standard InChI is InChI=1S/C16H20N4O2/c1-12-6-7-14(20(12)2)16(22)18-10-8-15(21)19-11-13-5-3-4-9-17-13/h3-7,9H,8,10-11H2,1-2H3,(H,18,22)(H,19,21). The molecule has 0 aliphatic carbocycles. The lowest BCUT2D eigenvalue weighted by atomic mass is 10.3. The Labute approximate surface area is 129 Å². The van der Waals surface area contributed by atoms with Crippen LogP contribution in [0.25, 0.3) is 0 Å². The number of carbonyl (C=O) groups is 2. The highest BCUT2D eigenvalue weighted by atomic mass is 16.2. The number of hydrogen-bond acceptors (Lipinski definition) is 3. The van der Waals surface area contributed by atoms with Gasteiger partial charge in [-0.15, -0.1) is 0 Å². The number of aromatic nitrogens is 2. The molecule has 0 saturated carbocycles. The van der Waals surface area contributed by atoms with Gasteiger partial charge in [0.15, 0.2) is 0 Å². The average molecular weight is 300 g/mol. The van der Waals surface area contributed by atoms with Gasteiger partial charge >= 0.3 is 0 Å². The zero-order valence-electron chi connectivity index (χ0n) is 12.8. The fraction of sp³-hybridized carbons (Fsp3) is 0.312. The molecule has 0 aromatic carbocycles. The van der Waals surface area contributed by atoms with Gasteiger partial charge in [0.2, 0.25) is 5.91 Å². The van der Waals surface area contributed by atoms with Crippen LogP contribution in [0.5, 0.6) is 0 Å². The number of nitrogens with zero attached hydrogens (tertiary/aromatic N) is 2. The molecule has 0 fully saturated rings. The number of carbonyl (C=O) groups excluding carboxylic acids is 2. The first kappa shape index (κ1) is 15.8. The lowest BCUT2D eigenvalue weighted by Crippen LogP contribution is -2.31. The number of pyridine rings is 1. The molecule has 22 heavy (non-hydrogen) atoms. The molecule has 2 aromatic rings. The van der Waals surface area contributed by atoms with E-state index in [9.17, 15) is 9.59 Å². The minimum atomic E-state index is -0.173. The Kier molecular flexibility index (Phi) is 5.30. The van der Waals surface area contributed by atoms with Crippen molar-refractivity contribution in [1.29, 1.82) is 0 Å². The van der Waals surface area contributed by atoms with Crippen LogP contribution in [0.4, 0.5) is 0 Å². The monoisotopic (exact) mass is 300 g/mol. The summed E-state index contributed by atoms with van der Waals surface area (Å²) in [6, 6.07) is 9.20. The molecule has 2 aromatic heterocycles. The molecule has 0 spiro atoms. The van der Waals surface area contributed by atoms with Crippen LogP contribution in [0.15, 0.2) is 36.5 Å². The van der Waals surface area contributed by atoms with E-state index in [-0.39, 0.29) is 18.2 Å². The Bertz CT molecular complexity index is 649. The predicted molar refractivity (Wildman–Crippen MR) is 83.2 cm³/mol. The third-order valence-electron chi connectivity index (χ3n) is 3.44. The Morgan fingerprint density at radius 2 is 2.00 bits per heavy atom. The largest absolute Gasteiger partial charge is 0.350 e. The SMILES string of the molecule is Cc1ccc(C(=O)NCCC(=O)NCc2ccccn2)n1C. The second kappa shape index (κ2) is 7.40. The summed E-state index contributed by atoms with van der Waals surface area (Å²) in [6.45, 7) is 2.63. The number of nitrogens with one attached hydrogen (secondary N) is 2. The summed E-state index contributed by atoms with van der Waals surface area (Å²) in [4.78, 5) is 27.8. The molecule has 0 aliphatic heterocycles. The van der Waals surface area contributed by atoms with Crippen molar-refractivity contribution in [1.82, 2.24) is 20.2 Å². The quantitative estimate of drug-likeness (QED) is 0.840. The predicted octanol–water partition coefficient (Wildman–Crippen LogP) is 1.16. The first-order valence-electron chi connectivity index (χ1n) is 7.15. The Morgan fingerprint density at radius 3 is 2.64 bits per heavy atom. The van der Waals surface area contributed by atoms with Crippen LogP contribution >= 0.6 is 0 Å². The lowest BCUT2D eigenvalue weighted by molar-refractivity contribution is -0.121. The molecule has 0 aliphatic rings. The smallest absolute Gasteiger partial charge is 0.267 e. The molecule has 116 valence electrons. The molecule has 2 N–H and O–H groups in total. The number of rotatable bonds is 6. The fourth-order valence-electron chi connectivity index (χ4n) is 2.00. The van der Waals surface area contributed by atoms with E-state index >= 15 is 0 Å². The molecule has 0 saturated heterocycles. The van der Waals surface area contributed by atoms with Gasteiger partial charge in [-0.25, -0.2) is 0 Å². The minimum Gasteiger partial charge on any atom is -0.350 e. The molecule has 6 nitrogen and oxygen atoms in total. The Morgan fingerprint density at radius 1 is 1.18 bits per heavy atom. The van der Waals surface area contributed by atoms with Gasteiger partial charge in [0.05, 0.1) is 12.2 Å². The molecule has 0 bridgehead atoms. The van der Waals surface area contributed by atoms with E-state index in [1.165, 1.54) is 0 Å². The van der Waals surface area contributed by atoms with Crippen molar-refractivity contribution >= 4 is 11.8 Å². The van der Waals surface area contributed by atoms with Crippen molar-refractivity contribution in [2.75, 3.05) is 6.54 Å². The second-order valence-electron chi connectivity index (χ2n) is 5.02. The third kappa shape index (κ3) is 4.18. The summed E-state index contributed by atoms with van der Waals surface area (Å²) in [6.07, 6.45) is 1.92. The van der Waals surface area contributed by atoms with Crippen LogP contribution < -0.4 is 10.6 Å². The van der Waals surface area contributed by atoms with Gasteiger partial charge in [-0.05, 0) is 31.2 Å². The van der Waals surface area contributed by atoms with Gasteiger partial charge in [-0.2, -0.15) is 0 Å². The van der Waals surface area contributed by atoms with Crippen LogP contribution in [0.2, 0.25) is 0 Å². The summed E-state index contributed by atoms with van der Waals surface area (Å²) in [5.74, 6) is -0.290. The topological polar surface area (TPSA) is 76.0 Å². The van der Waals surface area contributed by atoms with E-state index in [0.717, 1.165) is 11.4 Å². The van der Waals surface area contributed by atoms with Crippen LogP contribution in [-0.4, -0.2) is 27.9 Å². The van der Waals surface area contributed by atoms with E-state index in [4.69, 9.17) is 0 Å². The minimum absolute atomic E-state index is 0.117. The highest BCUT2D eigenvalue weighted by Gasteiger charge is 2.10. The van der Waals surface area contributed by atoms with Gasteiger partial charge in [0.1, 0.15) is 5.69 Å². The summed E-state index contributed by atoms with van der Waals surface area (Å²) in [5.41, 5.74) is 2.41. The normalized spacial score (nSPS) is 10.3. The molecule has 0 atom stereocenters. The first-order valence-corrected chi connectivity index (χ1v) is 7.15. The van der Waals surface area contributed by atoms with Gasteiger partial charge in [0.25, 0.3) is 5.91 Å². The Balaban J connectivity index is 1.71. The highest BCUT2D eigenvalue weighted by Crippen LogP contribution is 2.05. The maximum atomic E-state index is 12.0. The van der Waals surface area contributed by atoms with E-state index < -0.39 is 0 Å². The fourth-order valence-corrected chi connectivity index (χ4v) is 2.00. The van der Waals surface area contributed by atoms with Crippen molar-refractivity contribution in [2.45, 2.75) is 19.9 Å². The van der Waals surface area contributed by atoms with Gasteiger partial charge in [-0.1, -0.05) is 6.07 Å². The van der Waals surface area contributed by atoms with E-state index in [0.29, 0.717) is 18.8 Å². The van der Waals surface area contributed by atoms with Crippen LogP contribution in [-0.2, 0) is 18.4 Å². The van der Waals surface area contributed by atoms with Crippen LogP contribution in [0, 0.1) is 6.92 Å². The zero-order valence-corrected chi connectivity index (χ0v) is 12.8. The molecule has 6 heteroatoms. The van der Waals surface area contributed by atoms with Crippen LogP contribution in [0.1, 0.15) is 28.3 Å². The number of amides is 2. The van der Waals surface area contributed by atoms with Crippen molar-refractivity contribution in [2.24, 2.45) is 7.05 Å². The number of hydrogen-bond donors (Lipinski definition) is 2. The van der Waals surface area contributed by atoms with Gasteiger partial charge in [0, 0.05) is 31.9 Å². The summed E-state index contributed by atoms with van der Waals surface area (Å²) in [5, 5.41) is 5.52. The van der Waals surface area contributed by atoms with Gasteiger partial charge in [-0.3, -0.25) is 14.6 Å². The van der Waals surface area contributed by atoms with Crippen molar-refractivity contribution in [3.63, 3.8) is 0 Å². The molecular formula is C16H20N4O2.